The Morgan fingerprint density at radius 1 is 1.37 bits per heavy atom. The maximum atomic E-state index is 12.0. The second-order valence-corrected chi connectivity index (χ2v) is 5.01. The van der Waals surface area contributed by atoms with Gasteiger partial charge in [-0.3, -0.25) is 9.59 Å². The van der Waals surface area contributed by atoms with E-state index < -0.39 is 10.8 Å². The summed E-state index contributed by atoms with van der Waals surface area (Å²) in [5, 5.41) is 2.65. The van der Waals surface area contributed by atoms with Gasteiger partial charge >= 0.3 is 5.97 Å². The lowest BCUT2D eigenvalue weighted by Crippen LogP contribution is -2.34. The number of alkyl halides is 1. The summed E-state index contributed by atoms with van der Waals surface area (Å²) in [6.45, 7) is 2.03. The molecule has 1 N–H and O–H groups in total. The maximum Gasteiger partial charge on any atom is 0.321 e. The van der Waals surface area contributed by atoms with E-state index in [1.807, 2.05) is 13.0 Å². The fourth-order valence-electron chi connectivity index (χ4n) is 1.49. The van der Waals surface area contributed by atoms with Crippen LogP contribution in [0.1, 0.15) is 15.9 Å². The van der Waals surface area contributed by atoms with Crippen LogP contribution < -0.4 is 10.1 Å². The highest BCUT2D eigenvalue weighted by molar-refractivity contribution is 9.10. The Labute approximate surface area is 120 Å². The molecule has 19 heavy (non-hydrogen) atoms. The van der Waals surface area contributed by atoms with Gasteiger partial charge < -0.3 is 14.8 Å². The molecule has 1 unspecified atom stereocenters. The number of carbonyl (C=O) groups is 2. The van der Waals surface area contributed by atoms with E-state index >= 15 is 0 Å². The van der Waals surface area contributed by atoms with Crippen LogP contribution in [-0.2, 0) is 9.53 Å². The lowest BCUT2D eigenvalue weighted by atomic mass is 10.1. The van der Waals surface area contributed by atoms with Gasteiger partial charge in [0, 0.05) is 6.54 Å². The fraction of sp³-hybridized carbons (Fsp3) is 0.385. The molecule has 0 radical (unpaired) electrons. The monoisotopic (exact) mass is 329 g/mol. The summed E-state index contributed by atoms with van der Waals surface area (Å²) in [7, 11) is 2.80. The summed E-state index contributed by atoms with van der Waals surface area (Å²) < 4.78 is 9.68. The average Bonchev–Trinajstić information content (AvgIpc) is 2.43. The highest BCUT2D eigenvalue weighted by Crippen LogP contribution is 2.19. The molecule has 0 aliphatic heterocycles. The molecule has 0 saturated carbocycles. The first-order chi connectivity index (χ1) is 8.99. The fourth-order valence-corrected chi connectivity index (χ4v) is 1.84. The number of amides is 1. The number of methoxy groups -OCH3 is 2. The first kappa shape index (κ1) is 15.5. The van der Waals surface area contributed by atoms with E-state index in [4.69, 9.17) is 4.74 Å². The molecular weight excluding hydrogens is 314 g/mol. The van der Waals surface area contributed by atoms with Crippen molar-refractivity contribution in [2.24, 2.45) is 0 Å². The number of ether oxygens (including phenoxy) is 2. The molecule has 0 spiro atoms. The van der Waals surface area contributed by atoms with E-state index in [9.17, 15) is 9.59 Å². The molecule has 0 aliphatic rings. The Morgan fingerprint density at radius 2 is 2.05 bits per heavy atom. The van der Waals surface area contributed by atoms with Crippen molar-refractivity contribution in [1.82, 2.24) is 5.32 Å². The summed E-state index contributed by atoms with van der Waals surface area (Å²) in [6.07, 6.45) is 0. The van der Waals surface area contributed by atoms with Gasteiger partial charge in [0.25, 0.3) is 5.91 Å². The maximum absolute atomic E-state index is 12.0. The molecule has 1 aromatic rings. The predicted octanol–water partition coefficient (Wildman–Crippen LogP) is 1.67. The predicted molar refractivity (Wildman–Crippen MR) is 74.8 cm³/mol. The molecule has 0 bridgehead atoms. The Morgan fingerprint density at radius 3 is 2.63 bits per heavy atom. The van der Waals surface area contributed by atoms with Crippen molar-refractivity contribution < 1.29 is 19.1 Å². The molecule has 0 saturated heterocycles. The van der Waals surface area contributed by atoms with Gasteiger partial charge in [0.2, 0.25) is 0 Å². The number of halogens is 1. The molecule has 1 aromatic carbocycles. The Hall–Kier alpha value is -1.56. The number of nitrogens with one attached hydrogen (secondary N) is 1. The first-order valence-electron chi connectivity index (χ1n) is 5.64. The van der Waals surface area contributed by atoms with Crippen molar-refractivity contribution in [1.29, 1.82) is 0 Å². The average molecular weight is 330 g/mol. The lowest BCUT2D eigenvalue weighted by molar-refractivity contribution is -0.139. The van der Waals surface area contributed by atoms with E-state index in [2.05, 4.69) is 26.0 Å². The minimum atomic E-state index is -0.572. The van der Waals surface area contributed by atoms with Crippen LogP contribution in [0.3, 0.4) is 0 Å². The van der Waals surface area contributed by atoms with Gasteiger partial charge in [-0.25, -0.2) is 0 Å². The van der Waals surface area contributed by atoms with Gasteiger partial charge in [0.15, 0.2) is 0 Å². The number of esters is 1. The van der Waals surface area contributed by atoms with Crippen molar-refractivity contribution >= 4 is 27.8 Å². The molecule has 1 rings (SSSR count). The zero-order chi connectivity index (χ0) is 14.4. The molecule has 5 nitrogen and oxygen atoms in total. The summed E-state index contributed by atoms with van der Waals surface area (Å²) in [6, 6.07) is 5.32. The number of aryl methyl sites for hydroxylation is 1. The molecule has 0 fully saturated rings. The topological polar surface area (TPSA) is 64.6 Å². The summed E-state index contributed by atoms with van der Waals surface area (Å²) >= 11 is 3.13. The van der Waals surface area contributed by atoms with Crippen LogP contribution in [0.2, 0.25) is 0 Å². The smallest absolute Gasteiger partial charge is 0.321 e. The van der Waals surface area contributed by atoms with Crippen LogP contribution in [0, 0.1) is 6.92 Å². The number of rotatable bonds is 5. The van der Waals surface area contributed by atoms with Crippen molar-refractivity contribution in [3.63, 3.8) is 0 Å². The molecule has 0 aliphatic carbocycles. The van der Waals surface area contributed by atoms with Crippen molar-refractivity contribution in [3.8, 4) is 5.75 Å². The van der Waals surface area contributed by atoms with Crippen molar-refractivity contribution in [2.45, 2.75) is 11.8 Å². The number of hydrogen-bond donors (Lipinski definition) is 1. The number of benzene rings is 1. The van der Waals surface area contributed by atoms with Crippen LogP contribution >= 0.6 is 15.9 Å². The Balaban J connectivity index is 2.73. The van der Waals surface area contributed by atoms with Crippen LogP contribution in [0.5, 0.6) is 5.75 Å². The van der Waals surface area contributed by atoms with Crippen LogP contribution in [0.15, 0.2) is 18.2 Å². The normalized spacial score (nSPS) is 11.6. The quantitative estimate of drug-likeness (QED) is 0.659. The third-order valence-corrected chi connectivity index (χ3v) is 3.20. The minimum Gasteiger partial charge on any atom is -0.496 e. The highest BCUT2D eigenvalue weighted by atomic mass is 79.9. The Kier molecular flexibility index (Phi) is 5.82. The van der Waals surface area contributed by atoms with Gasteiger partial charge in [0.1, 0.15) is 10.6 Å². The third-order valence-electron chi connectivity index (χ3n) is 2.50. The molecule has 6 heteroatoms. The number of hydrogen-bond acceptors (Lipinski definition) is 4. The molecule has 1 amide bonds. The first-order valence-corrected chi connectivity index (χ1v) is 6.56. The van der Waals surface area contributed by atoms with Crippen molar-refractivity contribution in [3.05, 3.63) is 29.3 Å². The van der Waals surface area contributed by atoms with Crippen LogP contribution in [-0.4, -0.2) is 37.5 Å². The third kappa shape index (κ3) is 4.24. The van der Waals surface area contributed by atoms with Crippen LogP contribution in [0.25, 0.3) is 0 Å². The zero-order valence-corrected chi connectivity index (χ0v) is 12.6. The van der Waals surface area contributed by atoms with Gasteiger partial charge in [-0.1, -0.05) is 27.6 Å². The molecule has 1 atom stereocenters. The second-order valence-electron chi connectivity index (χ2n) is 3.90. The van der Waals surface area contributed by atoms with Gasteiger partial charge in [0.05, 0.1) is 19.8 Å². The molecule has 0 aromatic heterocycles. The van der Waals surface area contributed by atoms with E-state index in [0.29, 0.717) is 11.3 Å². The second kappa shape index (κ2) is 7.13. The largest absolute Gasteiger partial charge is 0.496 e. The lowest BCUT2D eigenvalue weighted by Gasteiger charge is -2.12. The minimum absolute atomic E-state index is 0.141. The van der Waals surface area contributed by atoms with E-state index in [1.54, 1.807) is 12.1 Å². The zero-order valence-electron chi connectivity index (χ0n) is 11.0. The summed E-state index contributed by atoms with van der Waals surface area (Å²) in [5.74, 6) is -0.238. The summed E-state index contributed by atoms with van der Waals surface area (Å²) in [4.78, 5) is 22.6. The standard InChI is InChI=1S/C13H16BrNO4/c1-8-4-5-11(18-2)9(6-8)12(16)15-7-10(14)13(17)19-3/h4-6,10H,7H2,1-3H3,(H,15,16). The van der Waals surface area contributed by atoms with Gasteiger partial charge in [-0.2, -0.15) is 0 Å². The van der Waals surface area contributed by atoms with Gasteiger partial charge in [-0.15, -0.1) is 0 Å². The molecular formula is C13H16BrNO4. The van der Waals surface area contributed by atoms with Crippen molar-refractivity contribution in [2.75, 3.05) is 20.8 Å². The molecule has 0 heterocycles. The SMILES string of the molecule is COC(=O)C(Br)CNC(=O)c1cc(C)ccc1OC. The van der Waals surface area contributed by atoms with E-state index in [1.165, 1.54) is 14.2 Å². The van der Waals surface area contributed by atoms with Gasteiger partial charge in [-0.05, 0) is 19.1 Å². The number of carbonyl (C=O) groups excluding carboxylic acids is 2. The Bertz CT molecular complexity index is 476. The van der Waals surface area contributed by atoms with E-state index in [-0.39, 0.29) is 12.5 Å². The molecule has 104 valence electrons. The highest BCUT2D eigenvalue weighted by Gasteiger charge is 2.18. The van der Waals surface area contributed by atoms with Crippen LogP contribution in [0.4, 0.5) is 0 Å². The van der Waals surface area contributed by atoms with E-state index in [0.717, 1.165) is 5.56 Å². The summed E-state index contributed by atoms with van der Waals surface area (Å²) in [5.41, 5.74) is 1.39.